The Balaban J connectivity index is 2.18. The van der Waals surface area contributed by atoms with Crippen molar-refractivity contribution in [3.63, 3.8) is 0 Å². The van der Waals surface area contributed by atoms with Crippen LogP contribution in [0.15, 0.2) is 24.3 Å². The van der Waals surface area contributed by atoms with Crippen LogP contribution in [0.3, 0.4) is 0 Å². The van der Waals surface area contributed by atoms with Gasteiger partial charge in [-0.05, 0) is 30.9 Å². The molecule has 0 atom stereocenters. The Bertz CT molecular complexity index is 472. The number of hydroxylamine groups is 2. The molecule has 98 valence electrons. The maximum absolute atomic E-state index is 12.2. The van der Waals surface area contributed by atoms with Gasteiger partial charge >= 0.3 is 0 Å². The molecule has 0 fully saturated rings. The number of fused-ring (bicyclic) bond motifs is 1. The first kappa shape index (κ1) is 13.1. The van der Waals surface area contributed by atoms with Crippen LogP contribution in [-0.2, 0) is 11.4 Å². The van der Waals surface area contributed by atoms with Crippen LogP contribution in [0.4, 0.5) is 0 Å². The molecule has 0 bridgehead atoms. The number of rotatable bonds is 2. The van der Waals surface area contributed by atoms with Crippen LogP contribution >= 0.6 is 0 Å². The first-order chi connectivity index (χ1) is 8.22. The fraction of sp³-hybridized carbons (Fsp3) is 0.533. The lowest BCUT2D eigenvalue weighted by atomic mass is 9.79. The van der Waals surface area contributed by atoms with E-state index >= 15 is 0 Å². The van der Waals surface area contributed by atoms with E-state index in [0.29, 0.717) is 6.54 Å². The molecule has 3 nitrogen and oxygen atoms in total. The molecule has 1 aliphatic heterocycles. The molecule has 0 saturated carbocycles. The van der Waals surface area contributed by atoms with Crippen molar-refractivity contribution in [3.05, 3.63) is 35.4 Å². The van der Waals surface area contributed by atoms with E-state index in [1.165, 1.54) is 5.06 Å². The molecule has 0 N–H and O–H groups in total. The highest BCUT2D eigenvalue weighted by Gasteiger charge is 2.39. The molecule has 2 rings (SSSR count). The van der Waals surface area contributed by atoms with Crippen LogP contribution in [0, 0.1) is 5.41 Å². The third-order valence-corrected chi connectivity index (χ3v) is 3.93. The summed E-state index contributed by atoms with van der Waals surface area (Å²) in [5, 5.41) is 1.48. The molecule has 0 radical (unpaired) electrons. The van der Waals surface area contributed by atoms with E-state index in [4.69, 9.17) is 4.84 Å². The molecule has 1 heterocycles. The highest BCUT2D eigenvalue weighted by Crippen LogP contribution is 2.36. The van der Waals surface area contributed by atoms with Crippen LogP contribution in [-0.4, -0.2) is 16.6 Å². The first-order valence-electron chi connectivity index (χ1n) is 6.31. The number of benzene rings is 1. The van der Waals surface area contributed by atoms with Gasteiger partial charge in [0.1, 0.15) is 0 Å². The molecule has 1 amide bonds. The molecule has 0 aliphatic carbocycles. The lowest BCUT2D eigenvalue weighted by Gasteiger charge is -2.40. The highest BCUT2D eigenvalue weighted by atomic mass is 16.7. The lowest BCUT2D eigenvalue weighted by molar-refractivity contribution is -0.239. The van der Waals surface area contributed by atoms with Crippen molar-refractivity contribution in [2.75, 3.05) is 0 Å². The van der Waals surface area contributed by atoms with Gasteiger partial charge in [0, 0.05) is 5.56 Å². The summed E-state index contributed by atoms with van der Waals surface area (Å²) in [5.41, 5.74) is 1.35. The number of hydrogen-bond acceptors (Lipinski definition) is 2. The summed E-state index contributed by atoms with van der Waals surface area (Å²) in [4.78, 5) is 18.1. The van der Waals surface area contributed by atoms with Gasteiger partial charge in [-0.3, -0.25) is 9.63 Å². The lowest BCUT2D eigenvalue weighted by Crippen LogP contribution is -2.45. The summed E-state index contributed by atoms with van der Waals surface area (Å²) in [6.07, 6.45) is 0. The van der Waals surface area contributed by atoms with Gasteiger partial charge in [0.25, 0.3) is 5.91 Å². The number of carbonyl (C=O) groups is 1. The molecule has 0 spiro atoms. The number of carbonyl (C=O) groups excluding carboxylic acids is 1. The average Bonchev–Trinajstić information content (AvgIpc) is 2.54. The predicted octanol–water partition coefficient (Wildman–Crippen LogP) is 3.40. The van der Waals surface area contributed by atoms with Crippen LogP contribution in [0.25, 0.3) is 0 Å². The van der Waals surface area contributed by atoms with Crippen molar-refractivity contribution >= 4 is 5.91 Å². The number of hydrogen-bond donors (Lipinski definition) is 0. The van der Waals surface area contributed by atoms with Gasteiger partial charge in [-0.25, -0.2) is 5.06 Å². The smallest absolute Gasteiger partial charge is 0.267 e. The van der Waals surface area contributed by atoms with Crippen molar-refractivity contribution in [1.82, 2.24) is 5.06 Å². The molecule has 1 aromatic rings. The van der Waals surface area contributed by atoms with Gasteiger partial charge < -0.3 is 0 Å². The van der Waals surface area contributed by atoms with Crippen LogP contribution in [0.5, 0.6) is 0 Å². The van der Waals surface area contributed by atoms with Gasteiger partial charge in [-0.1, -0.05) is 39.0 Å². The second kappa shape index (κ2) is 4.09. The fourth-order valence-electron chi connectivity index (χ4n) is 1.71. The summed E-state index contributed by atoms with van der Waals surface area (Å²) in [6, 6.07) is 7.66. The van der Waals surface area contributed by atoms with Crippen molar-refractivity contribution in [2.45, 2.75) is 46.8 Å². The van der Waals surface area contributed by atoms with Gasteiger partial charge in [0.2, 0.25) is 0 Å². The predicted molar refractivity (Wildman–Crippen MR) is 70.9 cm³/mol. The highest BCUT2D eigenvalue weighted by molar-refractivity contribution is 5.97. The zero-order chi connectivity index (χ0) is 13.6. The van der Waals surface area contributed by atoms with E-state index in [2.05, 4.69) is 20.8 Å². The second-order valence-electron chi connectivity index (χ2n) is 6.35. The van der Waals surface area contributed by atoms with E-state index in [9.17, 15) is 4.79 Å². The molecule has 0 unspecified atom stereocenters. The minimum atomic E-state index is -0.398. The third kappa shape index (κ3) is 2.15. The Kier molecular flexibility index (Phi) is 2.98. The monoisotopic (exact) mass is 247 g/mol. The largest absolute Gasteiger partial charge is 0.278 e. The van der Waals surface area contributed by atoms with Gasteiger partial charge in [-0.2, -0.15) is 0 Å². The molecular weight excluding hydrogens is 226 g/mol. The zero-order valence-corrected chi connectivity index (χ0v) is 11.8. The van der Waals surface area contributed by atoms with E-state index in [0.717, 1.165) is 11.1 Å². The van der Waals surface area contributed by atoms with Crippen LogP contribution < -0.4 is 0 Å². The topological polar surface area (TPSA) is 29.5 Å². The molecule has 18 heavy (non-hydrogen) atoms. The third-order valence-electron chi connectivity index (χ3n) is 3.93. The van der Waals surface area contributed by atoms with Crippen molar-refractivity contribution in [1.29, 1.82) is 0 Å². The normalized spacial score (nSPS) is 16.1. The van der Waals surface area contributed by atoms with Crippen molar-refractivity contribution in [3.8, 4) is 0 Å². The summed E-state index contributed by atoms with van der Waals surface area (Å²) in [7, 11) is 0. The fourth-order valence-corrected chi connectivity index (χ4v) is 1.71. The van der Waals surface area contributed by atoms with Crippen LogP contribution in [0.1, 0.15) is 50.5 Å². The van der Waals surface area contributed by atoms with Gasteiger partial charge in [0.15, 0.2) is 0 Å². The molecule has 3 heteroatoms. The summed E-state index contributed by atoms with van der Waals surface area (Å²) in [6.45, 7) is 10.9. The molecule has 1 aromatic carbocycles. The maximum Gasteiger partial charge on any atom is 0.278 e. The standard InChI is InChI=1S/C15H21NO2/c1-14(2,3)15(4,5)18-16-10-11-8-6-7-9-12(11)13(16)17/h6-9H,10H2,1-5H3. The molecule has 0 aromatic heterocycles. The Labute approximate surface area is 109 Å². The van der Waals surface area contributed by atoms with E-state index < -0.39 is 5.60 Å². The minimum Gasteiger partial charge on any atom is -0.267 e. The molecule has 0 saturated heterocycles. The summed E-state index contributed by atoms with van der Waals surface area (Å²) >= 11 is 0. The quantitative estimate of drug-likeness (QED) is 0.801. The Morgan fingerprint density at radius 1 is 1.11 bits per heavy atom. The average molecular weight is 247 g/mol. The Morgan fingerprint density at radius 2 is 1.72 bits per heavy atom. The molecule has 1 aliphatic rings. The minimum absolute atomic E-state index is 0.0390. The van der Waals surface area contributed by atoms with Gasteiger partial charge in [0.05, 0.1) is 12.1 Å². The Morgan fingerprint density at radius 3 is 2.28 bits per heavy atom. The zero-order valence-electron chi connectivity index (χ0n) is 11.8. The Hall–Kier alpha value is -1.35. The summed E-state index contributed by atoms with van der Waals surface area (Å²) in [5.74, 6) is -0.0390. The number of amides is 1. The SMILES string of the molecule is CC(C)(C)C(C)(C)ON1Cc2ccccc2C1=O. The first-order valence-corrected chi connectivity index (χ1v) is 6.31. The van der Waals surface area contributed by atoms with E-state index in [1.807, 2.05) is 38.1 Å². The maximum atomic E-state index is 12.2. The van der Waals surface area contributed by atoms with Crippen molar-refractivity contribution in [2.24, 2.45) is 5.41 Å². The van der Waals surface area contributed by atoms with E-state index in [-0.39, 0.29) is 11.3 Å². The van der Waals surface area contributed by atoms with E-state index in [1.54, 1.807) is 0 Å². The second-order valence-corrected chi connectivity index (χ2v) is 6.35. The van der Waals surface area contributed by atoms with Crippen LogP contribution in [0.2, 0.25) is 0 Å². The number of nitrogens with zero attached hydrogens (tertiary/aromatic N) is 1. The van der Waals surface area contributed by atoms with Gasteiger partial charge in [-0.15, -0.1) is 0 Å². The van der Waals surface area contributed by atoms with Crippen molar-refractivity contribution < 1.29 is 9.63 Å². The summed E-state index contributed by atoms with van der Waals surface area (Å²) < 4.78 is 0. The molecular formula is C15H21NO2.